The molecule has 0 aliphatic carbocycles. The van der Waals surface area contributed by atoms with Crippen molar-refractivity contribution < 1.29 is 14.5 Å². The van der Waals surface area contributed by atoms with Crippen LogP contribution in [0.5, 0.6) is 0 Å². The summed E-state index contributed by atoms with van der Waals surface area (Å²) in [4.78, 5) is 22.7. The first-order valence-electron chi connectivity index (χ1n) is 5.04. The Kier molecular flexibility index (Phi) is 4.59. The summed E-state index contributed by atoms with van der Waals surface area (Å²) in [5, 5.41) is 10.6. The van der Waals surface area contributed by atoms with Gasteiger partial charge in [0.2, 0.25) is 0 Å². The molecule has 0 spiro atoms. The number of hydrogen-bond donors (Lipinski definition) is 0. The standard InChI is InChI=1S/C11H14N2O4/c1-12(5-6-17-2)10-3-4-11(13(15)16)9(7-10)8-14/h3-4,7-8H,5-6H2,1-2H3. The lowest BCUT2D eigenvalue weighted by Gasteiger charge is -2.18. The number of nitro groups is 1. The van der Waals surface area contributed by atoms with Gasteiger partial charge in [0.15, 0.2) is 6.29 Å². The number of carbonyl (C=O) groups is 1. The highest BCUT2D eigenvalue weighted by Gasteiger charge is 2.14. The molecular weight excluding hydrogens is 224 g/mol. The highest BCUT2D eigenvalue weighted by Crippen LogP contribution is 2.22. The van der Waals surface area contributed by atoms with Crippen molar-refractivity contribution >= 4 is 17.7 Å². The maximum Gasteiger partial charge on any atom is 0.280 e. The monoisotopic (exact) mass is 238 g/mol. The Bertz CT molecular complexity index is 420. The summed E-state index contributed by atoms with van der Waals surface area (Å²) >= 11 is 0. The lowest BCUT2D eigenvalue weighted by atomic mass is 10.1. The molecule has 92 valence electrons. The molecule has 0 N–H and O–H groups in total. The Hall–Kier alpha value is -1.95. The van der Waals surface area contributed by atoms with E-state index in [0.717, 1.165) is 5.69 Å². The molecule has 0 aliphatic heterocycles. The first kappa shape index (κ1) is 13.1. The smallest absolute Gasteiger partial charge is 0.280 e. The first-order chi connectivity index (χ1) is 8.10. The number of likely N-dealkylation sites (N-methyl/N-ethyl adjacent to an activating group) is 1. The molecule has 1 aromatic carbocycles. The third-order valence-corrected chi connectivity index (χ3v) is 2.41. The fraction of sp³-hybridized carbons (Fsp3) is 0.364. The van der Waals surface area contributed by atoms with Crippen LogP contribution in [0.4, 0.5) is 11.4 Å². The Labute approximate surface area is 98.9 Å². The van der Waals surface area contributed by atoms with Crippen molar-refractivity contribution in [2.75, 3.05) is 32.2 Å². The number of carbonyl (C=O) groups excluding carboxylic acids is 1. The van der Waals surface area contributed by atoms with Crippen LogP contribution in [0.2, 0.25) is 0 Å². The van der Waals surface area contributed by atoms with Gasteiger partial charge in [0.1, 0.15) is 0 Å². The van der Waals surface area contributed by atoms with E-state index in [0.29, 0.717) is 19.4 Å². The zero-order valence-corrected chi connectivity index (χ0v) is 9.75. The molecule has 0 saturated heterocycles. The maximum absolute atomic E-state index is 10.8. The van der Waals surface area contributed by atoms with E-state index in [4.69, 9.17) is 4.74 Å². The van der Waals surface area contributed by atoms with E-state index in [9.17, 15) is 14.9 Å². The van der Waals surface area contributed by atoms with Crippen LogP contribution in [0.15, 0.2) is 18.2 Å². The van der Waals surface area contributed by atoms with Gasteiger partial charge in [0.25, 0.3) is 5.69 Å². The predicted molar refractivity (Wildman–Crippen MR) is 63.6 cm³/mol. The van der Waals surface area contributed by atoms with Gasteiger partial charge in [-0.2, -0.15) is 0 Å². The molecule has 0 fully saturated rings. The molecule has 0 aromatic heterocycles. The van der Waals surface area contributed by atoms with Crippen molar-refractivity contribution in [2.24, 2.45) is 0 Å². The highest BCUT2D eigenvalue weighted by molar-refractivity contribution is 5.83. The molecule has 0 radical (unpaired) electrons. The van der Waals surface area contributed by atoms with Crippen LogP contribution in [0, 0.1) is 10.1 Å². The summed E-state index contributed by atoms with van der Waals surface area (Å²) < 4.78 is 4.93. The van der Waals surface area contributed by atoms with E-state index in [1.165, 1.54) is 12.1 Å². The molecule has 0 unspecified atom stereocenters. The van der Waals surface area contributed by atoms with Gasteiger partial charge < -0.3 is 9.64 Å². The van der Waals surface area contributed by atoms with Crippen molar-refractivity contribution in [3.8, 4) is 0 Å². The molecule has 0 saturated carbocycles. The summed E-state index contributed by atoms with van der Waals surface area (Å²) in [5.74, 6) is 0. The van der Waals surface area contributed by atoms with Crippen molar-refractivity contribution in [2.45, 2.75) is 0 Å². The highest BCUT2D eigenvalue weighted by atomic mass is 16.6. The van der Waals surface area contributed by atoms with E-state index in [1.54, 1.807) is 13.2 Å². The number of anilines is 1. The first-order valence-corrected chi connectivity index (χ1v) is 5.04. The van der Waals surface area contributed by atoms with Crippen LogP contribution >= 0.6 is 0 Å². The molecule has 0 aliphatic rings. The van der Waals surface area contributed by atoms with Gasteiger partial charge in [-0.25, -0.2) is 0 Å². The minimum Gasteiger partial charge on any atom is -0.383 e. The lowest BCUT2D eigenvalue weighted by Crippen LogP contribution is -2.22. The SMILES string of the molecule is COCCN(C)c1ccc([N+](=O)[O-])c(C=O)c1. The number of benzene rings is 1. The summed E-state index contributed by atoms with van der Waals surface area (Å²) in [6.07, 6.45) is 0.492. The Balaban J connectivity index is 2.96. The molecule has 17 heavy (non-hydrogen) atoms. The minimum atomic E-state index is -0.567. The van der Waals surface area contributed by atoms with Gasteiger partial charge in [-0.1, -0.05) is 0 Å². The average Bonchev–Trinajstić information content (AvgIpc) is 2.34. The van der Waals surface area contributed by atoms with Crippen LogP contribution in [0.25, 0.3) is 0 Å². The van der Waals surface area contributed by atoms with E-state index in [-0.39, 0.29) is 11.3 Å². The fourth-order valence-electron chi connectivity index (χ4n) is 1.40. The number of nitro benzene ring substituents is 1. The minimum absolute atomic E-state index is 0.0803. The molecule has 0 heterocycles. The fourth-order valence-corrected chi connectivity index (χ4v) is 1.40. The van der Waals surface area contributed by atoms with Crippen molar-refractivity contribution in [3.05, 3.63) is 33.9 Å². The van der Waals surface area contributed by atoms with E-state index in [2.05, 4.69) is 0 Å². The molecule has 0 atom stereocenters. The van der Waals surface area contributed by atoms with Gasteiger partial charge in [-0.15, -0.1) is 0 Å². The van der Waals surface area contributed by atoms with Crippen LogP contribution in [-0.4, -0.2) is 38.5 Å². The molecule has 0 amide bonds. The number of aldehydes is 1. The van der Waals surface area contributed by atoms with Crippen molar-refractivity contribution in [1.82, 2.24) is 0 Å². The number of methoxy groups -OCH3 is 1. The Morgan fingerprint density at radius 3 is 2.76 bits per heavy atom. The zero-order chi connectivity index (χ0) is 12.8. The lowest BCUT2D eigenvalue weighted by molar-refractivity contribution is -0.385. The number of ether oxygens (including phenoxy) is 1. The van der Waals surface area contributed by atoms with E-state index in [1.807, 2.05) is 11.9 Å². The molecule has 6 heteroatoms. The average molecular weight is 238 g/mol. The zero-order valence-electron chi connectivity index (χ0n) is 9.75. The van der Waals surface area contributed by atoms with Crippen LogP contribution in [0.3, 0.4) is 0 Å². The Morgan fingerprint density at radius 1 is 1.53 bits per heavy atom. The van der Waals surface area contributed by atoms with Crippen molar-refractivity contribution in [3.63, 3.8) is 0 Å². The summed E-state index contributed by atoms with van der Waals surface area (Å²) in [5.41, 5.74) is 0.649. The second-order valence-electron chi connectivity index (χ2n) is 3.53. The normalized spacial score (nSPS) is 10.0. The Morgan fingerprint density at radius 2 is 2.24 bits per heavy atom. The summed E-state index contributed by atoms with van der Waals surface area (Å²) in [6, 6.07) is 4.45. The van der Waals surface area contributed by atoms with E-state index >= 15 is 0 Å². The second kappa shape index (κ2) is 5.95. The van der Waals surface area contributed by atoms with Crippen LogP contribution < -0.4 is 4.90 Å². The van der Waals surface area contributed by atoms with Gasteiger partial charge >= 0.3 is 0 Å². The summed E-state index contributed by atoms with van der Waals surface area (Å²) in [7, 11) is 3.43. The maximum atomic E-state index is 10.8. The van der Waals surface area contributed by atoms with Crippen LogP contribution in [-0.2, 0) is 4.74 Å². The number of rotatable bonds is 6. The second-order valence-corrected chi connectivity index (χ2v) is 3.53. The van der Waals surface area contributed by atoms with Gasteiger partial charge in [0, 0.05) is 32.5 Å². The topological polar surface area (TPSA) is 72.7 Å². The van der Waals surface area contributed by atoms with Gasteiger partial charge in [-0.3, -0.25) is 14.9 Å². The third-order valence-electron chi connectivity index (χ3n) is 2.41. The molecular formula is C11H14N2O4. The van der Waals surface area contributed by atoms with Crippen molar-refractivity contribution in [1.29, 1.82) is 0 Å². The van der Waals surface area contributed by atoms with E-state index < -0.39 is 4.92 Å². The quantitative estimate of drug-likeness (QED) is 0.426. The van der Waals surface area contributed by atoms with Crippen LogP contribution in [0.1, 0.15) is 10.4 Å². The third kappa shape index (κ3) is 3.25. The van der Waals surface area contributed by atoms with Gasteiger partial charge in [0.05, 0.1) is 17.1 Å². The molecule has 6 nitrogen and oxygen atoms in total. The molecule has 1 aromatic rings. The molecule has 1 rings (SSSR count). The largest absolute Gasteiger partial charge is 0.383 e. The number of nitrogens with zero attached hydrogens (tertiary/aromatic N) is 2. The summed E-state index contributed by atoms with van der Waals surface area (Å²) in [6.45, 7) is 1.19. The predicted octanol–water partition coefficient (Wildman–Crippen LogP) is 1.49. The molecule has 0 bridgehead atoms. The number of hydrogen-bond acceptors (Lipinski definition) is 5. The van der Waals surface area contributed by atoms with Gasteiger partial charge in [-0.05, 0) is 12.1 Å².